The molecule has 1 amide bonds. The van der Waals surface area contributed by atoms with Gasteiger partial charge in [-0.2, -0.15) is 5.26 Å². The maximum atomic E-state index is 13.2. The highest BCUT2D eigenvalue weighted by molar-refractivity contribution is 6.70. The SMILES string of the molecule is C[Si](C)(C)OC1(C#N)C(=O)N(Cc2ccccc2)c2ccccc21. The van der Waals surface area contributed by atoms with Gasteiger partial charge < -0.3 is 9.33 Å². The zero-order valence-electron chi connectivity index (χ0n) is 14.1. The van der Waals surface area contributed by atoms with Crippen LogP contribution in [0.25, 0.3) is 0 Å². The van der Waals surface area contributed by atoms with Gasteiger partial charge in [0, 0.05) is 5.56 Å². The second-order valence-corrected chi connectivity index (χ2v) is 11.3. The molecular formula is C19H20N2O2Si. The molecule has 0 bridgehead atoms. The van der Waals surface area contributed by atoms with E-state index in [4.69, 9.17) is 4.43 Å². The maximum Gasteiger partial charge on any atom is 0.278 e. The van der Waals surface area contributed by atoms with Gasteiger partial charge in [0.05, 0.1) is 12.2 Å². The number of fused-ring (bicyclic) bond motifs is 1. The van der Waals surface area contributed by atoms with Crippen LogP contribution in [-0.2, 0) is 21.4 Å². The molecule has 5 heteroatoms. The largest absolute Gasteiger partial charge is 0.389 e. The third kappa shape index (κ3) is 2.75. The van der Waals surface area contributed by atoms with Crippen molar-refractivity contribution >= 4 is 19.9 Å². The lowest BCUT2D eigenvalue weighted by molar-refractivity contribution is -0.129. The molecule has 2 aromatic rings. The minimum atomic E-state index is -2.12. The number of nitriles is 1. The number of benzene rings is 2. The summed E-state index contributed by atoms with van der Waals surface area (Å²) in [6.07, 6.45) is 0. The van der Waals surface area contributed by atoms with Gasteiger partial charge in [-0.1, -0.05) is 48.5 Å². The van der Waals surface area contributed by atoms with E-state index in [1.165, 1.54) is 0 Å². The van der Waals surface area contributed by atoms with Crippen molar-refractivity contribution in [1.29, 1.82) is 5.26 Å². The molecule has 0 radical (unpaired) electrons. The van der Waals surface area contributed by atoms with Crippen LogP contribution < -0.4 is 4.90 Å². The van der Waals surface area contributed by atoms with Crippen LogP contribution in [0.15, 0.2) is 54.6 Å². The summed E-state index contributed by atoms with van der Waals surface area (Å²) in [7, 11) is -2.12. The number of carbonyl (C=O) groups is 1. The molecule has 122 valence electrons. The van der Waals surface area contributed by atoms with Crippen LogP contribution in [0.4, 0.5) is 5.69 Å². The maximum absolute atomic E-state index is 13.2. The first-order chi connectivity index (χ1) is 11.4. The van der Waals surface area contributed by atoms with Crippen LogP contribution in [-0.4, -0.2) is 14.2 Å². The van der Waals surface area contributed by atoms with Gasteiger partial charge in [0.2, 0.25) is 0 Å². The molecule has 0 aliphatic carbocycles. The summed E-state index contributed by atoms with van der Waals surface area (Å²) < 4.78 is 6.13. The summed E-state index contributed by atoms with van der Waals surface area (Å²) in [4.78, 5) is 14.9. The zero-order chi connectivity index (χ0) is 17.4. The topological polar surface area (TPSA) is 53.3 Å². The average molecular weight is 336 g/mol. The Kier molecular flexibility index (Phi) is 4.04. The third-order valence-corrected chi connectivity index (χ3v) is 4.84. The van der Waals surface area contributed by atoms with Crippen molar-refractivity contribution in [3.63, 3.8) is 0 Å². The van der Waals surface area contributed by atoms with Crippen LogP contribution in [0, 0.1) is 11.3 Å². The van der Waals surface area contributed by atoms with Crippen molar-refractivity contribution in [2.75, 3.05) is 4.90 Å². The number of hydrogen-bond acceptors (Lipinski definition) is 3. The van der Waals surface area contributed by atoms with E-state index in [-0.39, 0.29) is 5.91 Å². The fourth-order valence-electron chi connectivity index (χ4n) is 3.03. The van der Waals surface area contributed by atoms with E-state index < -0.39 is 13.9 Å². The number of hydrogen-bond donors (Lipinski definition) is 0. The molecular weight excluding hydrogens is 316 g/mol. The Morgan fingerprint density at radius 1 is 1.08 bits per heavy atom. The number of rotatable bonds is 4. The lowest BCUT2D eigenvalue weighted by atomic mass is 9.97. The zero-order valence-corrected chi connectivity index (χ0v) is 15.1. The van der Waals surface area contributed by atoms with Crippen molar-refractivity contribution in [2.45, 2.75) is 31.8 Å². The van der Waals surface area contributed by atoms with Gasteiger partial charge in [-0.05, 0) is 31.3 Å². The van der Waals surface area contributed by atoms with Crippen molar-refractivity contribution in [1.82, 2.24) is 0 Å². The molecule has 3 rings (SSSR count). The van der Waals surface area contributed by atoms with E-state index in [1.54, 1.807) is 4.90 Å². The van der Waals surface area contributed by atoms with E-state index >= 15 is 0 Å². The summed E-state index contributed by atoms with van der Waals surface area (Å²) >= 11 is 0. The Labute approximate surface area is 143 Å². The van der Waals surface area contributed by atoms with Gasteiger partial charge in [-0.25, -0.2) is 0 Å². The van der Waals surface area contributed by atoms with Gasteiger partial charge in [-0.15, -0.1) is 0 Å². The third-order valence-electron chi connectivity index (χ3n) is 3.92. The average Bonchev–Trinajstić information content (AvgIpc) is 2.78. The fraction of sp³-hybridized carbons (Fsp3) is 0.263. The molecule has 0 aromatic heterocycles. The molecule has 0 saturated carbocycles. The van der Waals surface area contributed by atoms with Crippen LogP contribution in [0.1, 0.15) is 11.1 Å². The molecule has 0 saturated heterocycles. The number of carbonyl (C=O) groups excluding carboxylic acids is 1. The van der Waals surface area contributed by atoms with E-state index in [0.717, 1.165) is 11.3 Å². The molecule has 24 heavy (non-hydrogen) atoms. The lowest BCUT2D eigenvalue weighted by Gasteiger charge is -2.29. The Morgan fingerprint density at radius 2 is 1.71 bits per heavy atom. The molecule has 1 heterocycles. The first kappa shape index (κ1) is 16.4. The molecule has 1 aliphatic heterocycles. The van der Waals surface area contributed by atoms with Crippen LogP contribution >= 0.6 is 0 Å². The van der Waals surface area contributed by atoms with Gasteiger partial charge >= 0.3 is 0 Å². The highest BCUT2D eigenvalue weighted by Crippen LogP contribution is 2.44. The predicted molar refractivity (Wildman–Crippen MR) is 95.8 cm³/mol. The first-order valence-electron chi connectivity index (χ1n) is 7.94. The highest BCUT2D eigenvalue weighted by Gasteiger charge is 2.54. The van der Waals surface area contributed by atoms with E-state index in [2.05, 4.69) is 6.07 Å². The molecule has 4 nitrogen and oxygen atoms in total. The number of amides is 1. The summed E-state index contributed by atoms with van der Waals surface area (Å²) in [6, 6.07) is 19.4. The molecule has 1 atom stereocenters. The van der Waals surface area contributed by atoms with Crippen LogP contribution in [0.3, 0.4) is 0 Å². The van der Waals surface area contributed by atoms with Crippen LogP contribution in [0.5, 0.6) is 0 Å². The Hall–Kier alpha value is -2.42. The molecule has 1 aliphatic rings. The minimum Gasteiger partial charge on any atom is -0.389 e. The summed E-state index contributed by atoms with van der Waals surface area (Å²) in [5.41, 5.74) is 0.889. The smallest absolute Gasteiger partial charge is 0.278 e. The van der Waals surface area contributed by atoms with Gasteiger partial charge in [0.1, 0.15) is 6.07 Å². The van der Waals surface area contributed by atoms with Crippen LogP contribution in [0.2, 0.25) is 19.6 Å². The quantitative estimate of drug-likeness (QED) is 0.798. The van der Waals surface area contributed by atoms with Gasteiger partial charge in [0.15, 0.2) is 8.32 Å². The monoisotopic (exact) mass is 336 g/mol. The Morgan fingerprint density at radius 3 is 2.33 bits per heavy atom. The number of nitrogens with zero attached hydrogens (tertiary/aromatic N) is 2. The van der Waals surface area contributed by atoms with Gasteiger partial charge in [0.25, 0.3) is 11.5 Å². The normalized spacial score (nSPS) is 19.9. The van der Waals surface area contributed by atoms with Crippen molar-refractivity contribution in [3.05, 3.63) is 65.7 Å². The Balaban J connectivity index is 2.08. The molecule has 1 unspecified atom stereocenters. The molecule has 0 spiro atoms. The Bertz CT molecular complexity index is 808. The summed E-state index contributed by atoms with van der Waals surface area (Å²) in [5.74, 6) is -0.294. The van der Waals surface area contributed by atoms with Crippen molar-refractivity contribution in [3.8, 4) is 6.07 Å². The summed E-state index contributed by atoms with van der Waals surface area (Å²) in [6.45, 7) is 6.39. The molecule has 0 N–H and O–H groups in total. The second kappa shape index (κ2) is 5.89. The van der Waals surface area contributed by atoms with Gasteiger partial charge in [-0.3, -0.25) is 4.79 Å². The molecule has 0 fully saturated rings. The highest BCUT2D eigenvalue weighted by atomic mass is 28.4. The van der Waals surface area contributed by atoms with Crippen molar-refractivity contribution < 1.29 is 9.22 Å². The second-order valence-electron chi connectivity index (χ2n) is 6.90. The first-order valence-corrected chi connectivity index (χ1v) is 11.3. The number of para-hydroxylation sites is 1. The standard InChI is InChI=1S/C19H20N2O2Si/c1-24(2,3)23-19(14-20)16-11-7-8-12-17(16)21(18(19)22)13-15-9-5-4-6-10-15/h4-12H,13H2,1-3H3. The fourth-order valence-corrected chi connectivity index (χ4v) is 4.19. The predicted octanol–water partition coefficient (Wildman–Crippen LogP) is 3.80. The lowest BCUT2D eigenvalue weighted by Crippen LogP contribution is -2.47. The minimum absolute atomic E-state index is 0.294. The van der Waals surface area contributed by atoms with E-state index in [9.17, 15) is 10.1 Å². The van der Waals surface area contributed by atoms with E-state index in [0.29, 0.717) is 12.1 Å². The van der Waals surface area contributed by atoms with E-state index in [1.807, 2.05) is 74.2 Å². The molecule has 2 aromatic carbocycles. The number of anilines is 1. The summed E-state index contributed by atoms with van der Waals surface area (Å²) in [5, 5.41) is 9.88. The van der Waals surface area contributed by atoms with Crippen molar-refractivity contribution in [2.24, 2.45) is 0 Å².